The molecule has 0 spiro atoms. The molecule has 0 amide bonds. The highest BCUT2D eigenvalue weighted by Crippen LogP contribution is 2.35. The quantitative estimate of drug-likeness (QED) is 0.902. The van der Waals surface area contributed by atoms with Crippen LogP contribution in [0.1, 0.15) is 28.4 Å². The molecule has 0 saturated carbocycles. The van der Waals surface area contributed by atoms with E-state index in [2.05, 4.69) is 55.2 Å². The van der Waals surface area contributed by atoms with Gasteiger partial charge in [-0.3, -0.25) is 0 Å². The molecule has 2 atom stereocenters. The Balaban J connectivity index is 2.00. The number of hydrogen-bond acceptors (Lipinski definition) is 2. The fourth-order valence-electron chi connectivity index (χ4n) is 3.12. The number of benzene rings is 2. The van der Waals surface area contributed by atoms with Gasteiger partial charge < -0.3 is 10.0 Å². The van der Waals surface area contributed by atoms with Crippen LogP contribution in [0.15, 0.2) is 48.5 Å². The Morgan fingerprint density at radius 2 is 1.62 bits per heavy atom. The highest BCUT2D eigenvalue weighted by molar-refractivity contribution is 5.65. The third-order valence-electron chi connectivity index (χ3n) is 4.41. The van der Waals surface area contributed by atoms with Crippen molar-refractivity contribution in [2.45, 2.75) is 26.0 Å². The lowest BCUT2D eigenvalue weighted by Crippen LogP contribution is -2.37. The number of aliphatic hydroxyl groups excluding tert-OH is 1. The van der Waals surface area contributed by atoms with E-state index in [0.29, 0.717) is 0 Å². The summed E-state index contributed by atoms with van der Waals surface area (Å²) in [7, 11) is 2.03. The van der Waals surface area contributed by atoms with Gasteiger partial charge in [0.05, 0.1) is 6.04 Å². The van der Waals surface area contributed by atoms with Crippen LogP contribution >= 0.6 is 0 Å². The van der Waals surface area contributed by atoms with Gasteiger partial charge >= 0.3 is 0 Å². The molecule has 0 aromatic heterocycles. The SMILES string of the molecule is Cc1ccc(C)c2c1C=C[C@@H](N(C)c1ccccc1)[C@@H]2O. The van der Waals surface area contributed by atoms with Gasteiger partial charge in [-0.1, -0.05) is 42.5 Å². The van der Waals surface area contributed by atoms with Crippen LogP contribution < -0.4 is 4.90 Å². The van der Waals surface area contributed by atoms with E-state index in [9.17, 15) is 5.11 Å². The molecule has 0 radical (unpaired) electrons. The predicted molar refractivity (Wildman–Crippen MR) is 88.5 cm³/mol. The third-order valence-corrected chi connectivity index (χ3v) is 4.41. The zero-order chi connectivity index (χ0) is 15.0. The average Bonchev–Trinajstić information content (AvgIpc) is 2.51. The first-order chi connectivity index (χ1) is 10.1. The van der Waals surface area contributed by atoms with Gasteiger partial charge in [-0.25, -0.2) is 0 Å². The van der Waals surface area contributed by atoms with E-state index < -0.39 is 6.10 Å². The van der Waals surface area contributed by atoms with Crippen molar-refractivity contribution in [2.24, 2.45) is 0 Å². The molecule has 0 heterocycles. The van der Waals surface area contributed by atoms with Gasteiger partial charge in [0, 0.05) is 12.7 Å². The van der Waals surface area contributed by atoms with Crippen LogP contribution in [0.4, 0.5) is 5.69 Å². The van der Waals surface area contributed by atoms with Gasteiger partial charge in [0.1, 0.15) is 6.10 Å². The molecule has 2 nitrogen and oxygen atoms in total. The predicted octanol–water partition coefficient (Wildman–Crippen LogP) is 3.87. The highest BCUT2D eigenvalue weighted by Gasteiger charge is 2.29. The summed E-state index contributed by atoms with van der Waals surface area (Å²) in [6.07, 6.45) is 3.75. The van der Waals surface area contributed by atoms with Crippen molar-refractivity contribution < 1.29 is 5.11 Å². The largest absolute Gasteiger partial charge is 0.386 e. The van der Waals surface area contributed by atoms with E-state index in [4.69, 9.17) is 0 Å². The molecule has 1 aliphatic carbocycles. The Kier molecular flexibility index (Phi) is 3.56. The Morgan fingerprint density at radius 1 is 0.952 bits per heavy atom. The molecule has 2 heteroatoms. The lowest BCUT2D eigenvalue weighted by Gasteiger charge is -2.35. The molecular formula is C19H21NO. The summed E-state index contributed by atoms with van der Waals surface area (Å²) in [5.74, 6) is 0. The van der Waals surface area contributed by atoms with Gasteiger partial charge in [0.15, 0.2) is 0 Å². The molecule has 3 rings (SSSR count). The van der Waals surface area contributed by atoms with E-state index in [-0.39, 0.29) is 6.04 Å². The zero-order valence-corrected chi connectivity index (χ0v) is 12.7. The van der Waals surface area contributed by atoms with Gasteiger partial charge in [0.25, 0.3) is 0 Å². The van der Waals surface area contributed by atoms with Crippen molar-refractivity contribution in [3.63, 3.8) is 0 Å². The number of aliphatic hydroxyl groups is 1. The van der Waals surface area contributed by atoms with Gasteiger partial charge in [-0.05, 0) is 48.2 Å². The van der Waals surface area contributed by atoms with Crippen molar-refractivity contribution in [3.8, 4) is 0 Å². The number of para-hydroxylation sites is 1. The van der Waals surface area contributed by atoms with E-state index in [1.54, 1.807) is 0 Å². The smallest absolute Gasteiger partial charge is 0.104 e. The minimum Gasteiger partial charge on any atom is -0.386 e. The summed E-state index contributed by atoms with van der Waals surface area (Å²) in [6, 6.07) is 14.4. The molecule has 1 N–H and O–H groups in total. The van der Waals surface area contributed by atoms with Crippen molar-refractivity contribution in [1.29, 1.82) is 0 Å². The molecule has 1 aliphatic rings. The minimum atomic E-state index is -0.505. The maximum atomic E-state index is 10.9. The number of likely N-dealkylation sites (N-methyl/N-ethyl adjacent to an activating group) is 1. The number of nitrogens with zero attached hydrogens (tertiary/aromatic N) is 1. The summed E-state index contributed by atoms with van der Waals surface area (Å²) in [5, 5.41) is 10.9. The molecule has 108 valence electrons. The van der Waals surface area contributed by atoms with Crippen LogP contribution in [0.5, 0.6) is 0 Å². The lowest BCUT2D eigenvalue weighted by molar-refractivity contribution is 0.158. The molecule has 0 fully saturated rings. The van der Waals surface area contributed by atoms with E-state index >= 15 is 0 Å². The van der Waals surface area contributed by atoms with Crippen molar-refractivity contribution in [1.82, 2.24) is 0 Å². The van der Waals surface area contributed by atoms with Gasteiger partial charge in [-0.15, -0.1) is 0 Å². The molecule has 2 aromatic carbocycles. The van der Waals surface area contributed by atoms with Crippen LogP contribution in [0.25, 0.3) is 6.08 Å². The maximum absolute atomic E-state index is 10.9. The normalized spacial score (nSPS) is 20.2. The summed E-state index contributed by atoms with van der Waals surface area (Å²) >= 11 is 0. The van der Waals surface area contributed by atoms with Crippen LogP contribution in [-0.4, -0.2) is 18.2 Å². The molecule has 2 aromatic rings. The third kappa shape index (κ3) is 2.36. The van der Waals surface area contributed by atoms with Gasteiger partial charge in [0.2, 0.25) is 0 Å². The summed E-state index contributed by atoms with van der Waals surface area (Å²) in [5.41, 5.74) is 5.70. The lowest BCUT2D eigenvalue weighted by atomic mass is 9.85. The Morgan fingerprint density at radius 3 is 2.33 bits per heavy atom. The monoisotopic (exact) mass is 279 g/mol. The fraction of sp³-hybridized carbons (Fsp3) is 0.263. The summed E-state index contributed by atoms with van der Waals surface area (Å²) in [4.78, 5) is 2.13. The molecule has 0 bridgehead atoms. The Hall–Kier alpha value is -2.06. The molecular weight excluding hydrogens is 258 g/mol. The number of fused-ring (bicyclic) bond motifs is 1. The first-order valence-corrected chi connectivity index (χ1v) is 7.34. The molecule has 0 unspecified atom stereocenters. The summed E-state index contributed by atoms with van der Waals surface area (Å²) in [6.45, 7) is 4.16. The van der Waals surface area contributed by atoms with Crippen LogP contribution in [0.3, 0.4) is 0 Å². The number of rotatable bonds is 2. The number of hydrogen-bond donors (Lipinski definition) is 1. The standard InChI is InChI=1S/C19H21NO/c1-13-9-10-14(2)18-16(13)11-12-17(19(18)21)20(3)15-7-5-4-6-8-15/h4-12,17,19,21H,1-3H3/t17-,19+/m1/s1. The topological polar surface area (TPSA) is 23.5 Å². The molecule has 0 aliphatic heterocycles. The minimum absolute atomic E-state index is 0.0413. The molecule has 21 heavy (non-hydrogen) atoms. The second kappa shape index (κ2) is 5.38. The summed E-state index contributed by atoms with van der Waals surface area (Å²) < 4.78 is 0. The second-order valence-corrected chi connectivity index (χ2v) is 5.77. The fourth-order valence-corrected chi connectivity index (χ4v) is 3.12. The van der Waals surface area contributed by atoms with Crippen molar-refractivity contribution in [3.05, 3.63) is 70.8 Å². The van der Waals surface area contributed by atoms with Crippen LogP contribution in [-0.2, 0) is 0 Å². The van der Waals surface area contributed by atoms with Crippen molar-refractivity contribution >= 4 is 11.8 Å². The number of anilines is 1. The van der Waals surface area contributed by atoms with E-state index in [0.717, 1.165) is 16.8 Å². The average molecular weight is 279 g/mol. The first kappa shape index (κ1) is 13.9. The van der Waals surface area contributed by atoms with Crippen LogP contribution in [0, 0.1) is 13.8 Å². The Bertz CT molecular complexity index is 675. The molecule has 0 saturated heterocycles. The highest BCUT2D eigenvalue weighted by atomic mass is 16.3. The maximum Gasteiger partial charge on any atom is 0.104 e. The van der Waals surface area contributed by atoms with Crippen molar-refractivity contribution in [2.75, 3.05) is 11.9 Å². The Labute approximate surface area is 126 Å². The van der Waals surface area contributed by atoms with Gasteiger partial charge in [-0.2, -0.15) is 0 Å². The first-order valence-electron chi connectivity index (χ1n) is 7.34. The van der Waals surface area contributed by atoms with Crippen LogP contribution in [0.2, 0.25) is 0 Å². The second-order valence-electron chi connectivity index (χ2n) is 5.77. The number of aryl methyl sites for hydroxylation is 2. The zero-order valence-electron chi connectivity index (χ0n) is 12.7. The van der Waals surface area contributed by atoms with E-state index in [1.165, 1.54) is 11.1 Å². The van der Waals surface area contributed by atoms with E-state index in [1.807, 2.05) is 25.2 Å².